The van der Waals surface area contributed by atoms with E-state index in [0.717, 1.165) is 11.8 Å². The first-order valence-corrected chi connectivity index (χ1v) is 10.1. The summed E-state index contributed by atoms with van der Waals surface area (Å²) in [6, 6.07) is 0. The van der Waals surface area contributed by atoms with E-state index in [1.807, 2.05) is 0 Å². The minimum atomic E-state index is 0.0746. The fourth-order valence-electron chi connectivity index (χ4n) is 2.24. The molecule has 0 aromatic rings. The molecule has 0 aliphatic carbocycles. The van der Waals surface area contributed by atoms with Gasteiger partial charge in [-0.3, -0.25) is 0 Å². The molecule has 0 heterocycles. The molecule has 0 fully saturated rings. The van der Waals surface area contributed by atoms with E-state index in [-0.39, 0.29) is 4.87 Å². The zero-order valence-corrected chi connectivity index (χ0v) is 16.8. The van der Waals surface area contributed by atoms with Crippen molar-refractivity contribution in [2.24, 2.45) is 5.92 Å². The van der Waals surface area contributed by atoms with Gasteiger partial charge in [-0.1, -0.05) is 79.1 Å². The molecule has 0 rings (SSSR count). The Morgan fingerprint density at radius 3 is 1.86 bits per heavy atom. The average molecular weight is 339 g/mol. The van der Waals surface area contributed by atoms with E-state index in [4.69, 9.17) is 23.2 Å². The van der Waals surface area contributed by atoms with Gasteiger partial charge in [0.1, 0.15) is 0 Å². The molecule has 1 atom stereocenters. The summed E-state index contributed by atoms with van der Waals surface area (Å²) < 4.78 is 0. The monoisotopic (exact) mass is 338 g/mol. The lowest BCUT2D eigenvalue weighted by atomic mass is 9.97. The van der Waals surface area contributed by atoms with Gasteiger partial charge in [0, 0.05) is 10.8 Å². The van der Waals surface area contributed by atoms with E-state index in [0.29, 0.717) is 0 Å². The van der Waals surface area contributed by atoms with Crippen LogP contribution in [0.2, 0.25) is 0 Å². The summed E-state index contributed by atoms with van der Waals surface area (Å²) in [7, 11) is 0. The van der Waals surface area contributed by atoms with Gasteiger partial charge in [-0.2, -0.15) is 0 Å². The van der Waals surface area contributed by atoms with Crippen LogP contribution in [0.25, 0.3) is 0 Å². The van der Waals surface area contributed by atoms with Crippen molar-refractivity contribution < 1.29 is 0 Å². The van der Waals surface area contributed by atoms with Crippen molar-refractivity contribution in [1.82, 2.24) is 0 Å². The van der Waals surface area contributed by atoms with Crippen molar-refractivity contribution in [3.05, 3.63) is 0 Å². The number of rotatable bonds is 12. The Kier molecular flexibility index (Phi) is 19.2. The predicted octanol–water partition coefficient (Wildman–Crippen LogP) is 8.20. The molecular formula is C19H40Cl2. The van der Waals surface area contributed by atoms with Crippen molar-refractivity contribution >= 4 is 23.2 Å². The molecule has 1 unspecified atom stereocenters. The molecule has 0 radical (unpaired) electrons. The largest absolute Gasteiger partial charge is 0.127 e. The van der Waals surface area contributed by atoms with Crippen LogP contribution in [-0.4, -0.2) is 10.8 Å². The van der Waals surface area contributed by atoms with Gasteiger partial charge < -0.3 is 0 Å². The zero-order chi connectivity index (χ0) is 16.6. The summed E-state index contributed by atoms with van der Waals surface area (Å²) in [5.41, 5.74) is 0. The van der Waals surface area contributed by atoms with Gasteiger partial charge in [0.2, 0.25) is 0 Å². The minimum Gasteiger partial charge on any atom is -0.127 e. The molecule has 0 N–H and O–H groups in total. The van der Waals surface area contributed by atoms with Gasteiger partial charge in [-0.05, 0) is 32.1 Å². The first-order valence-electron chi connectivity index (χ1n) is 9.14. The Balaban J connectivity index is 0. The molecule has 2 heteroatoms. The Bertz CT molecular complexity index is 188. The maximum Gasteiger partial charge on any atom is 0.0418 e. The van der Waals surface area contributed by atoms with Gasteiger partial charge in [0.15, 0.2) is 0 Å². The molecule has 130 valence electrons. The standard InChI is InChI=1S/C11H23Cl.C8H17Cl/c1-4-6-8-10-11(3,12)9-7-5-2;1-8(2)6-4-3-5-7-9/h4-10H2,1-3H3;8H,3-7H2,1-2H3. The Labute approximate surface area is 145 Å². The summed E-state index contributed by atoms with van der Waals surface area (Å²) in [4.78, 5) is 0.0746. The van der Waals surface area contributed by atoms with Crippen LogP contribution >= 0.6 is 23.2 Å². The Morgan fingerprint density at radius 1 is 0.810 bits per heavy atom. The van der Waals surface area contributed by atoms with Crippen LogP contribution in [0.15, 0.2) is 0 Å². The molecule has 0 spiro atoms. The quantitative estimate of drug-likeness (QED) is 0.248. The molecule has 0 saturated carbocycles. The Morgan fingerprint density at radius 2 is 1.38 bits per heavy atom. The summed E-state index contributed by atoms with van der Waals surface area (Å²) >= 11 is 11.9. The molecule has 0 nitrogen and oxygen atoms in total. The highest BCUT2D eigenvalue weighted by molar-refractivity contribution is 6.23. The van der Waals surface area contributed by atoms with Crippen LogP contribution in [0.3, 0.4) is 0 Å². The summed E-state index contributed by atoms with van der Waals surface area (Å²) in [6.07, 6.45) is 14.0. The predicted molar refractivity (Wildman–Crippen MR) is 102 cm³/mol. The number of alkyl halides is 2. The van der Waals surface area contributed by atoms with E-state index in [2.05, 4.69) is 34.6 Å². The number of unbranched alkanes of at least 4 members (excludes halogenated alkanes) is 5. The second kappa shape index (κ2) is 16.9. The second-order valence-electron chi connectivity index (χ2n) is 6.91. The number of hydrogen-bond donors (Lipinski definition) is 0. The van der Waals surface area contributed by atoms with E-state index in [1.165, 1.54) is 70.6 Å². The number of hydrogen-bond acceptors (Lipinski definition) is 0. The zero-order valence-electron chi connectivity index (χ0n) is 15.3. The molecule has 0 saturated heterocycles. The van der Waals surface area contributed by atoms with Gasteiger partial charge in [-0.25, -0.2) is 0 Å². The smallest absolute Gasteiger partial charge is 0.0418 e. The fraction of sp³-hybridized carbons (Fsp3) is 1.00. The van der Waals surface area contributed by atoms with Crippen LogP contribution in [0.5, 0.6) is 0 Å². The molecule has 0 bridgehead atoms. The highest BCUT2D eigenvalue weighted by atomic mass is 35.5. The molecular weight excluding hydrogens is 299 g/mol. The van der Waals surface area contributed by atoms with Gasteiger partial charge in [0.25, 0.3) is 0 Å². The highest BCUT2D eigenvalue weighted by Gasteiger charge is 2.18. The van der Waals surface area contributed by atoms with Crippen LogP contribution in [0.1, 0.15) is 105 Å². The van der Waals surface area contributed by atoms with Gasteiger partial charge >= 0.3 is 0 Å². The fourth-order valence-corrected chi connectivity index (χ4v) is 2.69. The third-order valence-corrected chi connectivity index (χ3v) is 4.41. The molecule has 21 heavy (non-hydrogen) atoms. The molecule has 0 amide bonds. The third-order valence-electron chi connectivity index (χ3n) is 3.77. The first-order chi connectivity index (χ1) is 9.89. The van der Waals surface area contributed by atoms with Crippen LogP contribution in [0, 0.1) is 5.92 Å². The first kappa shape index (κ1) is 23.8. The van der Waals surface area contributed by atoms with Crippen LogP contribution in [-0.2, 0) is 0 Å². The van der Waals surface area contributed by atoms with Crippen molar-refractivity contribution in [3.8, 4) is 0 Å². The summed E-state index contributed by atoms with van der Waals surface area (Å²) in [5.74, 6) is 1.69. The summed E-state index contributed by atoms with van der Waals surface area (Å²) in [5, 5.41) is 0. The van der Waals surface area contributed by atoms with Crippen LogP contribution in [0.4, 0.5) is 0 Å². The lowest BCUT2D eigenvalue weighted by molar-refractivity contribution is 0.480. The van der Waals surface area contributed by atoms with Crippen LogP contribution < -0.4 is 0 Å². The molecule has 0 aromatic heterocycles. The minimum absolute atomic E-state index is 0.0746. The topological polar surface area (TPSA) is 0 Å². The molecule has 0 aromatic carbocycles. The van der Waals surface area contributed by atoms with Crippen molar-refractivity contribution in [2.45, 2.75) is 110 Å². The lowest BCUT2D eigenvalue weighted by Crippen LogP contribution is -2.15. The van der Waals surface area contributed by atoms with Crippen molar-refractivity contribution in [3.63, 3.8) is 0 Å². The van der Waals surface area contributed by atoms with E-state index >= 15 is 0 Å². The van der Waals surface area contributed by atoms with Gasteiger partial charge in [-0.15, -0.1) is 23.2 Å². The maximum absolute atomic E-state index is 6.35. The van der Waals surface area contributed by atoms with Gasteiger partial charge in [0.05, 0.1) is 0 Å². The number of halogens is 2. The highest BCUT2D eigenvalue weighted by Crippen LogP contribution is 2.28. The summed E-state index contributed by atoms with van der Waals surface area (Å²) in [6.45, 7) is 11.2. The molecule has 0 aliphatic heterocycles. The van der Waals surface area contributed by atoms with E-state index in [1.54, 1.807) is 0 Å². The lowest BCUT2D eigenvalue weighted by Gasteiger charge is -2.21. The van der Waals surface area contributed by atoms with E-state index in [9.17, 15) is 0 Å². The Hall–Kier alpha value is 0.580. The normalized spacial score (nSPS) is 13.7. The average Bonchev–Trinajstić information content (AvgIpc) is 2.42. The maximum atomic E-state index is 6.35. The SMILES string of the molecule is CC(C)CCCCCCl.CCCCCC(C)(Cl)CCCC. The third kappa shape index (κ3) is 23.0. The van der Waals surface area contributed by atoms with E-state index < -0.39 is 0 Å². The van der Waals surface area contributed by atoms with Crippen molar-refractivity contribution in [1.29, 1.82) is 0 Å². The second-order valence-corrected chi connectivity index (χ2v) is 8.20. The molecule has 0 aliphatic rings. The van der Waals surface area contributed by atoms with Crippen molar-refractivity contribution in [2.75, 3.05) is 5.88 Å².